The summed E-state index contributed by atoms with van der Waals surface area (Å²) in [5.74, 6) is -0.141. The summed E-state index contributed by atoms with van der Waals surface area (Å²) in [6.45, 7) is -1.95. The highest BCUT2D eigenvalue weighted by molar-refractivity contribution is 9.10. The molecular weight excluding hydrogens is 394 g/mol. The van der Waals surface area contributed by atoms with E-state index in [4.69, 9.17) is 0 Å². The molecule has 2 aromatic rings. The van der Waals surface area contributed by atoms with Gasteiger partial charge in [-0.15, -0.1) is 0 Å². The van der Waals surface area contributed by atoms with E-state index in [0.29, 0.717) is 12.1 Å². The molecule has 0 aliphatic heterocycles. The second-order valence-electron chi connectivity index (χ2n) is 5.57. The van der Waals surface area contributed by atoms with Crippen LogP contribution in [0, 0.1) is 0 Å². The number of carbonyl (C=O) groups is 1. The van der Waals surface area contributed by atoms with Crippen molar-refractivity contribution in [3.8, 4) is 5.75 Å². The lowest BCUT2D eigenvalue weighted by Crippen LogP contribution is -2.34. The zero-order chi connectivity index (χ0) is 18.2. The van der Waals surface area contributed by atoms with Gasteiger partial charge >= 0.3 is 6.61 Å². The summed E-state index contributed by atoms with van der Waals surface area (Å²) in [6, 6.07) is 14.5. The predicted octanol–water partition coefficient (Wildman–Crippen LogP) is 3.80. The maximum Gasteiger partial charge on any atom is 0.387 e. The van der Waals surface area contributed by atoms with E-state index in [0.717, 1.165) is 10.0 Å². The molecule has 1 N–H and O–H groups in total. The molecule has 0 aromatic heterocycles. The predicted molar refractivity (Wildman–Crippen MR) is 95.4 cm³/mol. The van der Waals surface area contributed by atoms with Crippen LogP contribution in [0.5, 0.6) is 5.75 Å². The number of ether oxygens (including phenoxy) is 1. The van der Waals surface area contributed by atoms with Crippen molar-refractivity contribution in [2.75, 3.05) is 13.6 Å². The lowest BCUT2D eigenvalue weighted by atomic mass is 10.2. The smallest absolute Gasteiger partial charge is 0.387 e. The largest absolute Gasteiger partial charge is 0.434 e. The van der Waals surface area contributed by atoms with Gasteiger partial charge in [-0.05, 0) is 30.8 Å². The van der Waals surface area contributed by atoms with Crippen LogP contribution < -0.4 is 10.1 Å². The van der Waals surface area contributed by atoms with Crippen LogP contribution in [0.3, 0.4) is 0 Å². The molecule has 134 valence electrons. The van der Waals surface area contributed by atoms with Gasteiger partial charge in [-0.2, -0.15) is 8.78 Å². The van der Waals surface area contributed by atoms with Crippen LogP contribution in [-0.4, -0.2) is 31.0 Å². The fourth-order valence-corrected chi connectivity index (χ4v) is 2.75. The van der Waals surface area contributed by atoms with Gasteiger partial charge in [0, 0.05) is 23.1 Å². The quantitative estimate of drug-likeness (QED) is 0.716. The van der Waals surface area contributed by atoms with E-state index in [-0.39, 0.29) is 24.7 Å². The summed E-state index contributed by atoms with van der Waals surface area (Å²) in [5.41, 5.74) is 1.59. The summed E-state index contributed by atoms with van der Waals surface area (Å²) >= 11 is 3.28. The van der Waals surface area contributed by atoms with Gasteiger partial charge in [0.05, 0.1) is 6.54 Å². The monoisotopic (exact) mass is 412 g/mol. The normalized spacial score (nSPS) is 11.0. The third-order valence-electron chi connectivity index (χ3n) is 3.42. The lowest BCUT2D eigenvalue weighted by Gasteiger charge is -2.17. The fourth-order valence-electron chi connectivity index (χ4n) is 2.34. The molecule has 0 radical (unpaired) electrons. The second kappa shape index (κ2) is 9.48. The van der Waals surface area contributed by atoms with Gasteiger partial charge < -0.3 is 10.1 Å². The topological polar surface area (TPSA) is 41.6 Å². The van der Waals surface area contributed by atoms with Crippen molar-refractivity contribution in [2.24, 2.45) is 0 Å². The fraction of sp³-hybridized carbons (Fsp3) is 0.278. The highest BCUT2D eigenvalue weighted by Gasteiger charge is 2.12. The van der Waals surface area contributed by atoms with Gasteiger partial charge in [-0.1, -0.05) is 46.3 Å². The van der Waals surface area contributed by atoms with Crippen LogP contribution in [0.1, 0.15) is 11.1 Å². The molecule has 4 nitrogen and oxygen atoms in total. The molecule has 0 spiro atoms. The zero-order valence-electron chi connectivity index (χ0n) is 13.7. The van der Waals surface area contributed by atoms with Gasteiger partial charge in [0.15, 0.2) is 0 Å². The van der Waals surface area contributed by atoms with E-state index < -0.39 is 6.61 Å². The van der Waals surface area contributed by atoms with Crippen LogP contribution in [0.2, 0.25) is 0 Å². The molecule has 7 heteroatoms. The minimum Gasteiger partial charge on any atom is -0.434 e. The first-order chi connectivity index (χ1) is 11.9. The number of likely N-dealkylation sites (N-methyl/N-ethyl adjacent to an activating group) is 1. The highest BCUT2D eigenvalue weighted by atomic mass is 79.9. The number of benzene rings is 2. The van der Waals surface area contributed by atoms with Gasteiger partial charge in [0.1, 0.15) is 5.75 Å². The molecule has 0 saturated heterocycles. The van der Waals surface area contributed by atoms with Crippen molar-refractivity contribution < 1.29 is 18.3 Å². The molecule has 0 aliphatic carbocycles. The van der Waals surface area contributed by atoms with Crippen LogP contribution in [-0.2, 0) is 17.9 Å². The van der Waals surface area contributed by atoms with E-state index in [2.05, 4.69) is 26.0 Å². The molecule has 0 fully saturated rings. The molecular formula is C18H19BrF2N2O2. The number of hydrogen-bond acceptors (Lipinski definition) is 3. The van der Waals surface area contributed by atoms with E-state index >= 15 is 0 Å². The first-order valence-corrected chi connectivity index (χ1v) is 8.45. The average Bonchev–Trinajstić information content (AvgIpc) is 2.55. The standard InChI is InChI=1S/C18H19BrF2N2O2/c1-23(11-13-5-3-2-4-6-13)12-17(24)22-10-14-9-15(19)7-8-16(14)25-18(20)21/h2-9,18H,10-12H2,1H3,(H,22,24). The Morgan fingerprint density at radius 3 is 2.64 bits per heavy atom. The SMILES string of the molecule is CN(CC(=O)NCc1cc(Br)ccc1OC(F)F)Cc1ccccc1. The van der Waals surface area contributed by atoms with E-state index in [9.17, 15) is 13.6 Å². The van der Waals surface area contributed by atoms with Crippen molar-refractivity contribution in [1.29, 1.82) is 0 Å². The molecule has 0 heterocycles. The maximum atomic E-state index is 12.5. The van der Waals surface area contributed by atoms with E-state index in [1.807, 2.05) is 42.3 Å². The maximum absolute atomic E-state index is 12.5. The Balaban J connectivity index is 1.88. The molecule has 0 unspecified atom stereocenters. The van der Waals surface area contributed by atoms with Gasteiger partial charge in [0.2, 0.25) is 5.91 Å². The summed E-state index contributed by atoms with van der Waals surface area (Å²) in [4.78, 5) is 14.0. The molecule has 0 aliphatic rings. The van der Waals surface area contributed by atoms with Crippen molar-refractivity contribution in [2.45, 2.75) is 19.7 Å². The molecule has 2 rings (SSSR count). The van der Waals surface area contributed by atoms with Gasteiger partial charge in [-0.3, -0.25) is 9.69 Å². The minimum absolute atomic E-state index is 0.0520. The Kier molecular flexibility index (Phi) is 7.33. The first kappa shape index (κ1) is 19.3. The number of carbonyl (C=O) groups excluding carboxylic acids is 1. The van der Waals surface area contributed by atoms with Gasteiger partial charge in [0.25, 0.3) is 0 Å². The van der Waals surface area contributed by atoms with Crippen LogP contribution >= 0.6 is 15.9 Å². The molecule has 1 amide bonds. The van der Waals surface area contributed by atoms with E-state index in [1.54, 1.807) is 12.1 Å². The Hall–Kier alpha value is -1.99. The number of alkyl halides is 2. The summed E-state index contributed by atoms with van der Waals surface area (Å²) < 4.78 is 30.1. The lowest BCUT2D eigenvalue weighted by molar-refractivity contribution is -0.122. The number of rotatable bonds is 8. The van der Waals surface area contributed by atoms with E-state index in [1.165, 1.54) is 6.07 Å². The number of amides is 1. The summed E-state index contributed by atoms with van der Waals surface area (Å²) in [5, 5.41) is 2.73. The summed E-state index contributed by atoms with van der Waals surface area (Å²) in [6.07, 6.45) is 0. The minimum atomic E-state index is -2.91. The van der Waals surface area contributed by atoms with Crippen LogP contribution in [0.4, 0.5) is 8.78 Å². The Labute approximate surface area is 153 Å². The summed E-state index contributed by atoms with van der Waals surface area (Å²) in [7, 11) is 1.84. The number of nitrogens with one attached hydrogen (secondary N) is 1. The molecule has 0 saturated carbocycles. The number of halogens is 3. The van der Waals surface area contributed by atoms with Crippen molar-refractivity contribution in [3.63, 3.8) is 0 Å². The van der Waals surface area contributed by atoms with Crippen molar-refractivity contribution in [3.05, 3.63) is 64.1 Å². The van der Waals surface area contributed by atoms with Crippen LogP contribution in [0.15, 0.2) is 53.0 Å². The number of nitrogens with zero attached hydrogens (tertiary/aromatic N) is 1. The molecule has 0 bridgehead atoms. The first-order valence-electron chi connectivity index (χ1n) is 7.66. The van der Waals surface area contributed by atoms with Crippen molar-refractivity contribution >= 4 is 21.8 Å². The molecule has 2 aromatic carbocycles. The number of hydrogen-bond donors (Lipinski definition) is 1. The Morgan fingerprint density at radius 1 is 1.24 bits per heavy atom. The zero-order valence-corrected chi connectivity index (χ0v) is 15.3. The Morgan fingerprint density at radius 2 is 1.96 bits per heavy atom. The third kappa shape index (κ3) is 6.80. The Bertz CT molecular complexity index is 699. The van der Waals surface area contributed by atoms with Gasteiger partial charge in [-0.25, -0.2) is 0 Å². The third-order valence-corrected chi connectivity index (χ3v) is 3.92. The molecule has 25 heavy (non-hydrogen) atoms. The second-order valence-corrected chi connectivity index (χ2v) is 6.48. The van der Waals surface area contributed by atoms with Crippen molar-refractivity contribution in [1.82, 2.24) is 10.2 Å². The van der Waals surface area contributed by atoms with Crippen LogP contribution in [0.25, 0.3) is 0 Å². The average molecular weight is 413 g/mol. The highest BCUT2D eigenvalue weighted by Crippen LogP contribution is 2.24. The molecule has 0 atom stereocenters.